The topological polar surface area (TPSA) is 88.2 Å². The summed E-state index contributed by atoms with van der Waals surface area (Å²) in [7, 11) is 0. The molecule has 0 spiro atoms. The summed E-state index contributed by atoms with van der Waals surface area (Å²) in [5.41, 5.74) is 7.09. The maximum absolute atomic E-state index is 14.4. The van der Waals surface area contributed by atoms with Gasteiger partial charge in [0.2, 0.25) is 0 Å². The number of hydrogen-bond donors (Lipinski definition) is 1. The Labute approximate surface area is 323 Å². The molecule has 1 saturated heterocycles. The molecular weight excluding hydrogens is 721 g/mol. The molecule has 5 aromatic rings. The number of urea groups is 1. The quantitative estimate of drug-likeness (QED) is 0.119. The van der Waals surface area contributed by atoms with Crippen molar-refractivity contribution in [2.45, 2.75) is 38.2 Å². The van der Waals surface area contributed by atoms with E-state index < -0.39 is 17.8 Å². The molecule has 0 aromatic heterocycles. The number of rotatable bonds is 9. The first-order chi connectivity index (χ1) is 26.3. The van der Waals surface area contributed by atoms with Gasteiger partial charge in [-0.05, 0) is 95.6 Å². The average Bonchev–Trinajstić information content (AvgIpc) is 3.17. The number of amides is 4. The predicted octanol–water partition coefficient (Wildman–Crippen LogP) is 9.52. The lowest BCUT2D eigenvalue weighted by atomic mass is 9.76. The van der Waals surface area contributed by atoms with Crippen molar-refractivity contribution in [1.29, 1.82) is 0 Å². The number of nitrogens with one attached hydrogen (secondary N) is 1. The molecule has 1 fully saturated rings. The Kier molecular flexibility index (Phi) is 9.88. The molecule has 5 aromatic carbocycles. The highest BCUT2D eigenvalue weighted by atomic mass is 35.5. The Morgan fingerprint density at radius 1 is 0.778 bits per heavy atom. The second kappa shape index (κ2) is 15.0. The van der Waals surface area contributed by atoms with E-state index in [0.717, 1.165) is 53.2 Å². The number of hydrogen-bond acceptors (Lipinski definition) is 6. The van der Waals surface area contributed by atoms with Gasteiger partial charge in [-0.25, -0.2) is 9.69 Å². The van der Waals surface area contributed by atoms with Gasteiger partial charge in [-0.15, -0.1) is 0 Å². The van der Waals surface area contributed by atoms with Gasteiger partial charge in [-0.3, -0.25) is 14.9 Å². The largest absolute Gasteiger partial charge is 0.490 e. The Morgan fingerprint density at radius 2 is 1.43 bits per heavy atom. The standard InChI is InChI=1S/C44H37Cl2N3O5/c1-2-53-39-23-28(22-38(46)41(39)54-26-27-10-9-15-31(45)20-27)21-37-42(50)47-44(52)49(43(37)51)32-24-35-33(29-11-5-3-6-12-29)16-18-48-19-17-34(36(25-32)40(35)48)30-13-7-4-8-14-30/h3-15,20-25,33-34H,2,16-19,26H2,1H3,(H,47,50,52)/b37-21+/t33-,34-/m0/s1. The van der Waals surface area contributed by atoms with Crippen LogP contribution >= 0.6 is 23.2 Å². The number of imide groups is 2. The molecule has 0 saturated carbocycles. The number of carbonyl (C=O) groups excluding carboxylic acids is 3. The van der Waals surface area contributed by atoms with E-state index in [9.17, 15) is 14.4 Å². The number of anilines is 2. The molecule has 54 heavy (non-hydrogen) atoms. The zero-order valence-corrected chi connectivity index (χ0v) is 31.1. The normalized spacial score (nSPS) is 18.7. The first-order valence-electron chi connectivity index (χ1n) is 18.1. The average molecular weight is 759 g/mol. The van der Waals surface area contributed by atoms with Crippen molar-refractivity contribution in [3.05, 3.63) is 158 Å². The zero-order valence-electron chi connectivity index (χ0n) is 29.6. The molecule has 272 valence electrons. The maximum Gasteiger partial charge on any atom is 0.335 e. The van der Waals surface area contributed by atoms with E-state index in [4.69, 9.17) is 32.7 Å². The Balaban J connectivity index is 1.19. The monoisotopic (exact) mass is 757 g/mol. The second-order valence-electron chi connectivity index (χ2n) is 13.6. The Hall–Kier alpha value is -5.57. The molecule has 0 radical (unpaired) electrons. The van der Waals surface area contributed by atoms with E-state index in [1.54, 1.807) is 24.3 Å². The molecule has 3 aliphatic rings. The summed E-state index contributed by atoms with van der Waals surface area (Å²) in [6.07, 6.45) is 3.21. The summed E-state index contributed by atoms with van der Waals surface area (Å²) in [5.74, 6) is -0.760. The molecule has 0 aliphatic carbocycles. The smallest absolute Gasteiger partial charge is 0.335 e. The highest BCUT2D eigenvalue weighted by Crippen LogP contribution is 2.50. The van der Waals surface area contributed by atoms with Crippen molar-refractivity contribution in [2.75, 3.05) is 29.5 Å². The molecule has 8 nitrogen and oxygen atoms in total. The van der Waals surface area contributed by atoms with Gasteiger partial charge in [0.05, 0.1) is 17.3 Å². The van der Waals surface area contributed by atoms with Gasteiger partial charge in [0.15, 0.2) is 11.5 Å². The van der Waals surface area contributed by atoms with Crippen LogP contribution in [0.15, 0.2) is 115 Å². The SMILES string of the molecule is CCOc1cc(/C=C2\C(=O)NC(=O)N(c3cc4c5c(c3)[C@H](c3ccccc3)CCN5CC[C@H]4c3ccccc3)C2=O)cc(Cl)c1OCc1cccc(Cl)c1. The van der Waals surface area contributed by atoms with Gasteiger partial charge in [-0.1, -0.05) is 96.0 Å². The van der Waals surface area contributed by atoms with E-state index in [0.29, 0.717) is 34.4 Å². The lowest BCUT2D eigenvalue weighted by Gasteiger charge is -2.44. The molecule has 1 N–H and O–H groups in total. The van der Waals surface area contributed by atoms with Gasteiger partial charge in [-0.2, -0.15) is 0 Å². The fraction of sp³-hybridized carbons (Fsp3) is 0.205. The number of ether oxygens (including phenoxy) is 2. The molecule has 2 atom stereocenters. The van der Waals surface area contributed by atoms with E-state index in [-0.39, 0.29) is 29.0 Å². The van der Waals surface area contributed by atoms with Crippen LogP contribution in [0.3, 0.4) is 0 Å². The molecule has 3 heterocycles. The van der Waals surface area contributed by atoms with E-state index in [1.165, 1.54) is 17.2 Å². The van der Waals surface area contributed by atoms with Crippen molar-refractivity contribution < 1.29 is 23.9 Å². The third-order valence-electron chi connectivity index (χ3n) is 10.3. The van der Waals surface area contributed by atoms with Crippen molar-refractivity contribution in [3.8, 4) is 11.5 Å². The molecular formula is C44H37Cl2N3O5. The summed E-state index contributed by atoms with van der Waals surface area (Å²) in [4.78, 5) is 45.0. The minimum absolute atomic E-state index is 0.0593. The third-order valence-corrected chi connectivity index (χ3v) is 10.8. The summed E-state index contributed by atoms with van der Waals surface area (Å²) < 4.78 is 11.9. The van der Waals surface area contributed by atoms with Gasteiger partial charge in [0, 0.05) is 35.6 Å². The Morgan fingerprint density at radius 3 is 2.04 bits per heavy atom. The van der Waals surface area contributed by atoms with Crippen molar-refractivity contribution in [3.63, 3.8) is 0 Å². The van der Waals surface area contributed by atoms with Crippen molar-refractivity contribution in [2.24, 2.45) is 0 Å². The predicted molar refractivity (Wildman–Crippen MR) is 212 cm³/mol. The Bertz CT molecular complexity index is 2220. The van der Waals surface area contributed by atoms with Crippen molar-refractivity contribution >= 4 is 58.5 Å². The highest BCUT2D eigenvalue weighted by molar-refractivity contribution is 6.39. The zero-order chi connectivity index (χ0) is 37.3. The van der Waals surface area contributed by atoms with Crippen LogP contribution in [-0.2, 0) is 16.2 Å². The van der Waals surface area contributed by atoms with Crippen LogP contribution in [0.25, 0.3) is 6.08 Å². The van der Waals surface area contributed by atoms with Crippen LogP contribution in [0, 0.1) is 0 Å². The van der Waals surface area contributed by atoms with Crippen LogP contribution < -0.4 is 24.6 Å². The van der Waals surface area contributed by atoms with Gasteiger partial charge >= 0.3 is 6.03 Å². The maximum atomic E-state index is 14.4. The van der Waals surface area contributed by atoms with E-state index in [2.05, 4.69) is 34.5 Å². The lowest BCUT2D eigenvalue weighted by Crippen LogP contribution is -2.54. The molecule has 4 amide bonds. The van der Waals surface area contributed by atoms with Gasteiger partial charge in [0.1, 0.15) is 12.2 Å². The van der Waals surface area contributed by atoms with Crippen LogP contribution in [0.1, 0.15) is 65.0 Å². The van der Waals surface area contributed by atoms with Crippen LogP contribution in [0.5, 0.6) is 11.5 Å². The molecule has 10 heteroatoms. The minimum Gasteiger partial charge on any atom is -0.490 e. The van der Waals surface area contributed by atoms with Crippen LogP contribution in [0.2, 0.25) is 10.0 Å². The summed E-state index contributed by atoms with van der Waals surface area (Å²) in [5, 5.41) is 3.22. The number of barbiturate groups is 1. The third kappa shape index (κ3) is 6.83. The number of benzene rings is 5. The van der Waals surface area contributed by atoms with E-state index in [1.807, 2.05) is 67.6 Å². The summed E-state index contributed by atoms with van der Waals surface area (Å²) in [6.45, 7) is 4.15. The first kappa shape index (κ1) is 35.5. The van der Waals surface area contributed by atoms with Gasteiger partial charge < -0.3 is 14.4 Å². The first-order valence-corrected chi connectivity index (χ1v) is 18.8. The van der Waals surface area contributed by atoms with Crippen LogP contribution in [-0.4, -0.2) is 37.5 Å². The van der Waals surface area contributed by atoms with Gasteiger partial charge in [0.25, 0.3) is 11.8 Å². The molecule has 8 rings (SSSR count). The highest BCUT2D eigenvalue weighted by Gasteiger charge is 2.40. The number of halogens is 2. The fourth-order valence-electron chi connectivity index (χ4n) is 7.88. The van der Waals surface area contributed by atoms with E-state index >= 15 is 0 Å². The fourth-order valence-corrected chi connectivity index (χ4v) is 8.37. The molecule has 0 unspecified atom stereocenters. The molecule has 3 aliphatic heterocycles. The number of nitrogens with zero attached hydrogens (tertiary/aromatic N) is 2. The number of carbonyl (C=O) groups is 3. The minimum atomic E-state index is -0.803. The second-order valence-corrected chi connectivity index (χ2v) is 14.4. The summed E-state index contributed by atoms with van der Waals surface area (Å²) >= 11 is 12.9. The van der Waals surface area contributed by atoms with Crippen LogP contribution in [0.4, 0.5) is 16.2 Å². The lowest BCUT2D eigenvalue weighted by molar-refractivity contribution is -0.122. The summed E-state index contributed by atoms with van der Waals surface area (Å²) in [6, 6.07) is 34.3. The van der Waals surface area contributed by atoms with Crippen molar-refractivity contribution in [1.82, 2.24) is 5.32 Å². The molecule has 0 bridgehead atoms.